The van der Waals surface area contributed by atoms with Gasteiger partial charge in [-0.2, -0.15) is 0 Å². The summed E-state index contributed by atoms with van der Waals surface area (Å²) in [6.07, 6.45) is 0. The Morgan fingerprint density at radius 2 is 1.77 bits per heavy atom. The van der Waals surface area contributed by atoms with Crippen LogP contribution in [0, 0.1) is 0 Å². The SMILES string of the molecule is CCOC(=O)c1cc(-c2ccccc2)sc1NC(=S)Nc1cc(Cl)c(OC)cc1OC. The first-order valence-corrected chi connectivity index (χ1v) is 10.9. The zero-order chi connectivity index (χ0) is 22.4. The summed E-state index contributed by atoms with van der Waals surface area (Å²) < 4.78 is 15.8. The maximum atomic E-state index is 12.5. The predicted molar refractivity (Wildman–Crippen MR) is 130 cm³/mol. The number of thiophene rings is 1. The maximum absolute atomic E-state index is 12.5. The Morgan fingerprint density at radius 3 is 2.42 bits per heavy atom. The van der Waals surface area contributed by atoms with Crippen LogP contribution in [-0.2, 0) is 4.74 Å². The van der Waals surface area contributed by atoms with Gasteiger partial charge in [0.25, 0.3) is 0 Å². The molecule has 31 heavy (non-hydrogen) atoms. The van der Waals surface area contributed by atoms with Crippen molar-refractivity contribution in [3.63, 3.8) is 0 Å². The number of hydrogen-bond acceptors (Lipinski definition) is 6. The first kappa shape index (κ1) is 22.9. The molecule has 0 unspecified atom stereocenters. The van der Waals surface area contributed by atoms with Crippen molar-refractivity contribution in [1.82, 2.24) is 0 Å². The molecule has 6 nitrogen and oxygen atoms in total. The van der Waals surface area contributed by atoms with Crippen molar-refractivity contribution in [3.8, 4) is 21.9 Å². The molecule has 0 spiro atoms. The molecule has 3 rings (SSSR count). The molecule has 0 saturated carbocycles. The first-order valence-electron chi connectivity index (χ1n) is 9.32. The van der Waals surface area contributed by atoms with Gasteiger partial charge in [-0.25, -0.2) is 4.79 Å². The summed E-state index contributed by atoms with van der Waals surface area (Å²) in [6.45, 7) is 2.04. The molecule has 1 heterocycles. The zero-order valence-corrected chi connectivity index (χ0v) is 19.5. The van der Waals surface area contributed by atoms with Crippen LogP contribution in [0.25, 0.3) is 10.4 Å². The predicted octanol–water partition coefficient (Wildman–Crippen LogP) is 6.07. The van der Waals surface area contributed by atoms with Crippen LogP contribution < -0.4 is 20.1 Å². The summed E-state index contributed by atoms with van der Waals surface area (Å²) in [7, 11) is 3.06. The highest BCUT2D eigenvalue weighted by molar-refractivity contribution is 7.80. The Morgan fingerprint density at radius 1 is 1.06 bits per heavy atom. The molecule has 9 heteroatoms. The number of esters is 1. The van der Waals surface area contributed by atoms with E-state index >= 15 is 0 Å². The van der Waals surface area contributed by atoms with E-state index in [2.05, 4.69) is 10.6 Å². The van der Waals surface area contributed by atoms with Gasteiger partial charge in [0.15, 0.2) is 5.11 Å². The number of carbonyl (C=O) groups is 1. The van der Waals surface area contributed by atoms with Gasteiger partial charge in [-0.05, 0) is 36.8 Å². The maximum Gasteiger partial charge on any atom is 0.341 e. The number of rotatable bonds is 7. The molecule has 0 aliphatic heterocycles. The normalized spacial score (nSPS) is 10.3. The van der Waals surface area contributed by atoms with Crippen molar-refractivity contribution in [2.75, 3.05) is 31.5 Å². The van der Waals surface area contributed by atoms with E-state index in [9.17, 15) is 4.79 Å². The number of hydrogen-bond donors (Lipinski definition) is 2. The second-order valence-corrected chi connectivity index (χ2v) is 8.07. The van der Waals surface area contributed by atoms with Crippen LogP contribution in [0.15, 0.2) is 48.5 Å². The number of benzene rings is 2. The van der Waals surface area contributed by atoms with Crippen LogP contribution >= 0.6 is 35.2 Å². The number of thiocarbonyl (C=S) groups is 1. The molecule has 0 fully saturated rings. The number of ether oxygens (including phenoxy) is 3. The fraction of sp³-hybridized carbons (Fsp3) is 0.182. The molecule has 2 aromatic carbocycles. The van der Waals surface area contributed by atoms with Gasteiger partial charge < -0.3 is 24.8 Å². The van der Waals surface area contributed by atoms with Gasteiger partial charge >= 0.3 is 5.97 Å². The Labute approximate surface area is 195 Å². The fourth-order valence-electron chi connectivity index (χ4n) is 2.80. The van der Waals surface area contributed by atoms with Crippen LogP contribution in [0.4, 0.5) is 10.7 Å². The average molecular weight is 477 g/mol. The van der Waals surface area contributed by atoms with Crippen LogP contribution in [0.1, 0.15) is 17.3 Å². The number of halogens is 1. The molecule has 1 aromatic heterocycles. The van der Waals surface area contributed by atoms with E-state index < -0.39 is 5.97 Å². The third-order valence-corrected chi connectivity index (χ3v) is 5.83. The topological polar surface area (TPSA) is 68.8 Å². The van der Waals surface area contributed by atoms with Crippen LogP contribution in [0.5, 0.6) is 11.5 Å². The summed E-state index contributed by atoms with van der Waals surface area (Å²) in [5.41, 5.74) is 1.96. The largest absolute Gasteiger partial charge is 0.495 e. The lowest BCUT2D eigenvalue weighted by Crippen LogP contribution is -2.20. The van der Waals surface area contributed by atoms with Gasteiger partial charge in [0, 0.05) is 10.9 Å². The standard InChI is InChI=1S/C22H21ClN2O4S2/c1-4-29-21(26)14-10-19(13-8-6-5-7-9-13)31-20(14)25-22(30)24-16-11-15(23)17(27-2)12-18(16)28-3/h5-12H,4H2,1-3H3,(H2,24,25,30). The molecule has 0 saturated heterocycles. The Kier molecular flexibility index (Phi) is 7.73. The van der Waals surface area contributed by atoms with E-state index in [1.807, 2.05) is 30.3 Å². The lowest BCUT2D eigenvalue weighted by molar-refractivity contribution is 0.0528. The quantitative estimate of drug-likeness (QED) is 0.316. The Balaban J connectivity index is 1.87. The second-order valence-electron chi connectivity index (χ2n) is 6.21. The van der Waals surface area contributed by atoms with Gasteiger partial charge in [-0.1, -0.05) is 41.9 Å². The monoisotopic (exact) mass is 476 g/mol. The highest BCUT2D eigenvalue weighted by Gasteiger charge is 2.20. The van der Waals surface area contributed by atoms with Gasteiger partial charge in [0.2, 0.25) is 0 Å². The van der Waals surface area contributed by atoms with Crippen LogP contribution in [-0.4, -0.2) is 31.9 Å². The minimum absolute atomic E-state index is 0.270. The smallest absolute Gasteiger partial charge is 0.341 e. The molecule has 0 amide bonds. The highest BCUT2D eigenvalue weighted by atomic mass is 35.5. The van der Waals surface area contributed by atoms with Gasteiger partial charge in [0.05, 0.1) is 37.1 Å². The lowest BCUT2D eigenvalue weighted by Gasteiger charge is -2.15. The van der Waals surface area contributed by atoms with E-state index in [4.69, 9.17) is 38.0 Å². The Hall–Kier alpha value is -2.81. The third kappa shape index (κ3) is 5.46. The van der Waals surface area contributed by atoms with E-state index in [0.717, 1.165) is 10.4 Å². The highest BCUT2D eigenvalue weighted by Crippen LogP contribution is 2.38. The molecular formula is C22H21ClN2O4S2. The number of methoxy groups -OCH3 is 2. The van der Waals surface area contributed by atoms with Crippen molar-refractivity contribution in [3.05, 3.63) is 59.1 Å². The lowest BCUT2D eigenvalue weighted by atomic mass is 10.1. The van der Waals surface area contributed by atoms with Crippen molar-refractivity contribution < 1.29 is 19.0 Å². The zero-order valence-electron chi connectivity index (χ0n) is 17.2. The summed E-state index contributed by atoms with van der Waals surface area (Å²) in [5, 5.41) is 7.41. The van der Waals surface area contributed by atoms with E-state index in [0.29, 0.717) is 32.8 Å². The van der Waals surface area contributed by atoms with Gasteiger partial charge in [0.1, 0.15) is 16.5 Å². The van der Waals surface area contributed by atoms with Crippen molar-refractivity contribution in [2.45, 2.75) is 6.92 Å². The fourth-order valence-corrected chi connectivity index (χ4v) is 4.38. The van der Waals surface area contributed by atoms with Crippen molar-refractivity contribution >= 4 is 56.9 Å². The van der Waals surface area contributed by atoms with Crippen molar-refractivity contribution in [2.24, 2.45) is 0 Å². The number of anilines is 2. The number of carbonyl (C=O) groups excluding carboxylic acids is 1. The van der Waals surface area contributed by atoms with E-state index in [1.165, 1.54) is 25.6 Å². The third-order valence-electron chi connectivity index (χ3n) is 4.23. The van der Waals surface area contributed by atoms with Crippen LogP contribution in [0.3, 0.4) is 0 Å². The molecule has 0 bridgehead atoms. The second kappa shape index (κ2) is 10.5. The Bertz CT molecular complexity index is 1090. The molecule has 2 N–H and O–H groups in total. The number of nitrogens with one attached hydrogen (secondary N) is 2. The molecule has 162 valence electrons. The summed E-state index contributed by atoms with van der Waals surface area (Å²) in [6, 6.07) is 14.9. The molecular weight excluding hydrogens is 456 g/mol. The first-order chi connectivity index (χ1) is 15.0. The summed E-state index contributed by atoms with van der Waals surface area (Å²) in [5.74, 6) is 0.571. The minimum Gasteiger partial charge on any atom is -0.495 e. The van der Waals surface area contributed by atoms with E-state index in [1.54, 1.807) is 25.1 Å². The average Bonchev–Trinajstić information content (AvgIpc) is 3.18. The summed E-state index contributed by atoms with van der Waals surface area (Å²) >= 11 is 13.1. The van der Waals surface area contributed by atoms with Crippen LogP contribution in [0.2, 0.25) is 5.02 Å². The molecule has 0 aliphatic rings. The molecule has 3 aromatic rings. The van der Waals surface area contributed by atoms with Crippen molar-refractivity contribution in [1.29, 1.82) is 0 Å². The van der Waals surface area contributed by atoms with Gasteiger partial charge in [-0.15, -0.1) is 11.3 Å². The molecule has 0 atom stereocenters. The summed E-state index contributed by atoms with van der Waals surface area (Å²) in [4.78, 5) is 13.4. The minimum atomic E-state index is -0.420. The molecule has 0 aliphatic carbocycles. The van der Waals surface area contributed by atoms with Gasteiger partial charge in [-0.3, -0.25) is 0 Å². The molecule has 0 radical (unpaired) electrons. The van der Waals surface area contributed by atoms with E-state index in [-0.39, 0.29) is 11.7 Å².